The highest BCUT2D eigenvalue weighted by molar-refractivity contribution is 5.74. The molecule has 0 aromatic carbocycles. The summed E-state index contributed by atoms with van der Waals surface area (Å²) in [6.45, 7) is 5.93. The second kappa shape index (κ2) is 60.7. The molecular formula is C73H128O12. The van der Waals surface area contributed by atoms with E-state index in [1.807, 2.05) is 0 Å². The Kier molecular flexibility index (Phi) is 56.7. The zero-order valence-corrected chi connectivity index (χ0v) is 54.6. The van der Waals surface area contributed by atoms with Crippen molar-refractivity contribution in [2.45, 2.75) is 366 Å². The second-order valence-corrected chi connectivity index (χ2v) is 24.1. The molecule has 0 bridgehead atoms. The number of allylic oxidation sites excluding steroid dienone is 10. The molecule has 1 heterocycles. The van der Waals surface area contributed by atoms with Crippen LogP contribution in [0.1, 0.15) is 329 Å². The van der Waals surface area contributed by atoms with Crippen LogP contribution in [0.15, 0.2) is 60.8 Å². The van der Waals surface area contributed by atoms with Gasteiger partial charge in [-0.25, -0.2) is 4.79 Å². The summed E-state index contributed by atoms with van der Waals surface area (Å²) in [6.07, 6.45) is 64.6. The number of ether oxygens (including phenoxy) is 5. The summed E-state index contributed by atoms with van der Waals surface area (Å²) in [6, 6.07) is 0. The smallest absolute Gasteiger partial charge is 0.335 e. The van der Waals surface area contributed by atoms with Crippen molar-refractivity contribution in [1.29, 1.82) is 0 Å². The van der Waals surface area contributed by atoms with Crippen molar-refractivity contribution in [2.75, 3.05) is 13.2 Å². The monoisotopic (exact) mass is 1200 g/mol. The van der Waals surface area contributed by atoms with Gasteiger partial charge in [0.05, 0.1) is 6.61 Å². The zero-order valence-electron chi connectivity index (χ0n) is 54.6. The van der Waals surface area contributed by atoms with E-state index in [1.54, 1.807) is 0 Å². The number of aliphatic carboxylic acids is 1. The predicted molar refractivity (Wildman–Crippen MR) is 349 cm³/mol. The van der Waals surface area contributed by atoms with E-state index in [4.69, 9.17) is 23.7 Å². The van der Waals surface area contributed by atoms with Gasteiger partial charge < -0.3 is 39.0 Å². The summed E-state index contributed by atoms with van der Waals surface area (Å²) in [7, 11) is 0. The van der Waals surface area contributed by atoms with Gasteiger partial charge in [-0.05, 0) is 103 Å². The van der Waals surface area contributed by atoms with Crippen molar-refractivity contribution in [1.82, 2.24) is 0 Å². The van der Waals surface area contributed by atoms with E-state index in [0.29, 0.717) is 19.3 Å². The minimum atomic E-state index is -1.91. The van der Waals surface area contributed by atoms with Crippen molar-refractivity contribution < 1.29 is 58.2 Å². The van der Waals surface area contributed by atoms with Crippen LogP contribution in [-0.2, 0) is 42.9 Å². The van der Waals surface area contributed by atoms with E-state index >= 15 is 0 Å². The van der Waals surface area contributed by atoms with E-state index < -0.39 is 67.3 Å². The van der Waals surface area contributed by atoms with Gasteiger partial charge in [0, 0.05) is 19.3 Å². The van der Waals surface area contributed by atoms with E-state index in [0.717, 1.165) is 103 Å². The Labute approximate surface area is 519 Å². The molecule has 1 aliphatic heterocycles. The third-order valence-electron chi connectivity index (χ3n) is 16.0. The average Bonchev–Trinajstić information content (AvgIpc) is 2.83. The molecule has 6 unspecified atom stereocenters. The maximum Gasteiger partial charge on any atom is 0.335 e. The molecule has 12 nitrogen and oxygen atoms in total. The average molecular weight is 1200 g/mol. The quantitative estimate of drug-likeness (QED) is 0.0228. The summed E-state index contributed by atoms with van der Waals surface area (Å²) in [5.41, 5.74) is 0. The fourth-order valence-corrected chi connectivity index (χ4v) is 10.7. The van der Waals surface area contributed by atoms with E-state index in [1.165, 1.54) is 167 Å². The van der Waals surface area contributed by atoms with E-state index in [9.17, 15) is 34.5 Å². The molecule has 6 atom stereocenters. The number of esters is 3. The van der Waals surface area contributed by atoms with Gasteiger partial charge in [0.2, 0.25) is 0 Å². The minimum Gasteiger partial charge on any atom is -0.479 e. The third kappa shape index (κ3) is 50.0. The van der Waals surface area contributed by atoms with Crippen LogP contribution in [0.25, 0.3) is 0 Å². The molecule has 0 radical (unpaired) electrons. The standard InChI is InChI=1S/C73H128O12/c1-4-7-10-13-16-19-22-25-28-31-33-36-38-41-44-47-50-53-56-59-65(74)81-62-64(83-66(75)60-57-54-51-48-45-42-40-37-34-32-29-26-23-20-17-14-11-8-5-2)63-82-73-71(69(78)68(77)70(85-73)72(79)80)84-67(76)61-58-55-52-49-46-43-39-35-30-27-24-21-18-15-12-9-6-3/h9,12,18,21,25-30,64,68-71,73,77-78H,4-8,10-11,13-17,19-20,22-24,31-63H2,1-3H3,(H,79,80)/b12-9-,21-18-,28-25-,29-26-,30-27-. The predicted octanol–water partition coefficient (Wildman–Crippen LogP) is 19.5. The highest BCUT2D eigenvalue weighted by Crippen LogP contribution is 2.27. The van der Waals surface area contributed by atoms with Gasteiger partial charge in [-0.3, -0.25) is 14.4 Å². The first-order valence-corrected chi connectivity index (χ1v) is 35.3. The number of unbranched alkanes of at least 4 members (excludes halogenated alkanes) is 37. The van der Waals surface area contributed by atoms with Crippen LogP contribution in [-0.4, -0.2) is 89.2 Å². The number of rotatable bonds is 61. The fourth-order valence-electron chi connectivity index (χ4n) is 10.7. The lowest BCUT2D eigenvalue weighted by atomic mass is 9.98. The van der Waals surface area contributed by atoms with Crippen LogP contribution in [0, 0.1) is 0 Å². The Morgan fingerprint density at radius 3 is 1.14 bits per heavy atom. The molecule has 1 saturated heterocycles. The summed E-state index contributed by atoms with van der Waals surface area (Å²) in [5, 5.41) is 31.7. The highest BCUT2D eigenvalue weighted by Gasteiger charge is 2.50. The van der Waals surface area contributed by atoms with Crippen molar-refractivity contribution >= 4 is 23.9 Å². The van der Waals surface area contributed by atoms with Gasteiger partial charge in [-0.2, -0.15) is 0 Å². The molecule has 0 aliphatic carbocycles. The van der Waals surface area contributed by atoms with Gasteiger partial charge in [0.1, 0.15) is 18.8 Å². The molecule has 1 rings (SSSR count). The molecule has 0 amide bonds. The van der Waals surface area contributed by atoms with Crippen molar-refractivity contribution in [2.24, 2.45) is 0 Å². The van der Waals surface area contributed by atoms with Gasteiger partial charge in [0.15, 0.2) is 24.6 Å². The van der Waals surface area contributed by atoms with Crippen LogP contribution in [0.4, 0.5) is 0 Å². The first-order valence-electron chi connectivity index (χ1n) is 35.3. The number of hydrogen-bond donors (Lipinski definition) is 3. The Morgan fingerprint density at radius 1 is 0.400 bits per heavy atom. The van der Waals surface area contributed by atoms with Crippen LogP contribution in [0.2, 0.25) is 0 Å². The van der Waals surface area contributed by atoms with Gasteiger partial charge in [0.25, 0.3) is 0 Å². The van der Waals surface area contributed by atoms with Crippen LogP contribution in [0.5, 0.6) is 0 Å². The number of hydrogen-bond acceptors (Lipinski definition) is 11. The lowest BCUT2D eigenvalue weighted by molar-refractivity contribution is -0.301. The molecule has 0 saturated carbocycles. The van der Waals surface area contributed by atoms with Gasteiger partial charge >= 0.3 is 23.9 Å². The van der Waals surface area contributed by atoms with Crippen LogP contribution < -0.4 is 0 Å². The Bertz CT molecular complexity index is 1710. The number of aliphatic hydroxyl groups is 2. The van der Waals surface area contributed by atoms with Crippen molar-refractivity contribution in [3.8, 4) is 0 Å². The second-order valence-electron chi connectivity index (χ2n) is 24.1. The molecule has 0 aromatic rings. The van der Waals surface area contributed by atoms with Crippen LogP contribution in [0.3, 0.4) is 0 Å². The fraction of sp³-hybridized carbons (Fsp3) is 0.808. The number of carbonyl (C=O) groups excluding carboxylic acids is 3. The minimum absolute atomic E-state index is 0.0495. The van der Waals surface area contributed by atoms with E-state index in [2.05, 4.69) is 81.5 Å². The lowest BCUT2D eigenvalue weighted by Crippen LogP contribution is -2.61. The molecule has 1 aliphatic rings. The van der Waals surface area contributed by atoms with Gasteiger partial charge in [-0.15, -0.1) is 0 Å². The Hall–Kier alpha value is -3.58. The SMILES string of the molecule is CC/C=C\C/C=C\C/C=C\CCCCCCCCCC(=O)OC1C(OCC(COC(=O)CCCCCCCCCCC/C=C\CCCCCCCC)OC(=O)CCCCCCCCCCC/C=C\CCCCCCCC)OC(C(=O)O)C(O)C1O. The topological polar surface area (TPSA) is 175 Å². The van der Waals surface area contributed by atoms with E-state index in [-0.39, 0.29) is 25.9 Å². The normalized spacial score (nSPS) is 17.8. The first kappa shape index (κ1) is 79.4. The summed E-state index contributed by atoms with van der Waals surface area (Å²) in [4.78, 5) is 51.5. The lowest BCUT2D eigenvalue weighted by Gasteiger charge is -2.40. The Balaban J connectivity index is 2.63. The molecule has 85 heavy (non-hydrogen) atoms. The summed E-state index contributed by atoms with van der Waals surface area (Å²) < 4.78 is 28.6. The number of carboxylic acid groups (broad SMARTS) is 1. The molecule has 0 aromatic heterocycles. The molecule has 0 spiro atoms. The zero-order chi connectivity index (χ0) is 61.7. The largest absolute Gasteiger partial charge is 0.479 e. The van der Waals surface area contributed by atoms with Crippen molar-refractivity contribution in [3.63, 3.8) is 0 Å². The highest BCUT2D eigenvalue weighted by atomic mass is 16.7. The number of carbonyl (C=O) groups is 4. The van der Waals surface area contributed by atoms with Gasteiger partial charge in [-0.1, -0.05) is 268 Å². The van der Waals surface area contributed by atoms with Crippen LogP contribution >= 0.6 is 0 Å². The summed E-state index contributed by atoms with van der Waals surface area (Å²) in [5.74, 6) is -3.11. The Morgan fingerprint density at radius 2 is 0.741 bits per heavy atom. The maximum absolute atomic E-state index is 13.3. The number of carboxylic acids is 1. The molecule has 492 valence electrons. The molecule has 12 heteroatoms. The molecule has 3 N–H and O–H groups in total. The third-order valence-corrected chi connectivity index (χ3v) is 16.0. The summed E-state index contributed by atoms with van der Waals surface area (Å²) >= 11 is 0. The maximum atomic E-state index is 13.3. The van der Waals surface area contributed by atoms with Crippen molar-refractivity contribution in [3.05, 3.63) is 60.8 Å². The first-order chi connectivity index (χ1) is 41.6. The number of aliphatic hydroxyl groups excluding tert-OH is 2. The molecular weight excluding hydrogens is 1070 g/mol. The molecule has 1 fully saturated rings.